The van der Waals surface area contributed by atoms with Crippen molar-refractivity contribution in [3.63, 3.8) is 0 Å². The van der Waals surface area contributed by atoms with Crippen LogP contribution in [0.1, 0.15) is 12.6 Å². The van der Waals surface area contributed by atoms with Gasteiger partial charge in [0.05, 0.1) is 36.5 Å². The van der Waals surface area contributed by atoms with E-state index in [1.807, 2.05) is 0 Å². The van der Waals surface area contributed by atoms with Crippen molar-refractivity contribution >= 4 is 39.7 Å². The zero-order valence-corrected chi connectivity index (χ0v) is 15.4. The monoisotopic (exact) mass is 422 g/mol. The molecule has 2 amide bonds. The summed E-state index contributed by atoms with van der Waals surface area (Å²) in [6.07, 6.45) is 3.89. The molecule has 1 saturated heterocycles. The molecular weight excluding hydrogens is 407 g/mol. The summed E-state index contributed by atoms with van der Waals surface area (Å²) in [6, 6.07) is 4.49. The van der Waals surface area contributed by atoms with E-state index in [0.717, 1.165) is 0 Å². The molecule has 0 bridgehead atoms. The van der Waals surface area contributed by atoms with Gasteiger partial charge < -0.3 is 14.6 Å². The van der Waals surface area contributed by atoms with Crippen LogP contribution >= 0.6 is 15.9 Å². The Hall–Kier alpha value is -2.68. The maximum Gasteiger partial charge on any atom is 0.414 e. The number of rotatable bonds is 5. The predicted octanol–water partition coefficient (Wildman–Crippen LogP) is 2.84. The molecule has 9 heteroatoms. The summed E-state index contributed by atoms with van der Waals surface area (Å²) in [5.41, 5.74) is 1.38. The SMILES string of the molecule is CC(=O)NC[C@H]1CN(c2ccc(-n3cnc(/C=C\Br)c3)c(F)c2)C(=O)O1. The molecule has 0 unspecified atom stereocenters. The van der Waals surface area contributed by atoms with Crippen molar-refractivity contribution in [2.45, 2.75) is 13.0 Å². The lowest BCUT2D eigenvalue weighted by atomic mass is 10.2. The molecule has 1 aliphatic rings. The fourth-order valence-electron chi connectivity index (χ4n) is 2.59. The second-order valence-electron chi connectivity index (χ2n) is 5.69. The normalized spacial score (nSPS) is 17.0. The van der Waals surface area contributed by atoms with Gasteiger partial charge in [-0.25, -0.2) is 14.2 Å². The van der Waals surface area contributed by atoms with E-state index in [2.05, 4.69) is 26.2 Å². The first-order valence-electron chi connectivity index (χ1n) is 7.81. The Bertz CT molecular complexity index is 867. The van der Waals surface area contributed by atoms with Gasteiger partial charge in [-0.05, 0) is 29.3 Å². The number of imidazole rings is 1. The zero-order chi connectivity index (χ0) is 18.7. The molecule has 1 atom stereocenters. The number of benzene rings is 1. The molecule has 1 aromatic heterocycles. The third-order valence-electron chi connectivity index (χ3n) is 3.81. The number of amides is 2. The largest absolute Gasteiger partial charge is 0.442 e. The van der Waals surface area contributed by atoms with Crippen molar-refractivity contribution in [1.29, 1.82) is 0 Å². The molecule has 1 N–H and O–H groups in total. The first-order valence-corrected chi connectivity index (χ1v) is 8.72. The van der Waals surface area contributed by atoms with Crippen LogP contribution in [0.4, 0.5) is 14.9 Å². The lowest BCUT2D eigenvalue weighted by Gasteiger charge is -2.14. The summed E-state index contributed by atoms with van der Waals surface area (Å²) < 4.78 is 21.3. The Labute approximate surface area is 157 Å². The predicted molar refractivity (Wildman–Crippen MR) is 97.8 cm³/mol. The number of halogens is 2. The number of aromatic nitrogens is 2. The van der Waals surface area contributed by atoms with E-state index in [9.17, 15) is 14.0 Å². The van der Waals surface area contributed by atoms with E-state index in [1.165, 1.54) is 24.2 Å². The molecule has 0 aliphatic carbocycles. The second kappa shape index (κ2) is 7.69. The Balaban J connectivity index is 1.76. The lowest BCUT2D eigenvalue weighted by Crippen LogP contribution is -2.33. The van der Waals surface area contributed by atoms with E-state index >= 15 is 0 Å². The smallest absolute Gasteiger partial charge is 0.414 e. The average Bonchev–Trinajstić information content (AvgIpc) is 3.20. The molecular formula is C17H16BrFN4O3. The molecule has 3 rings (SSSR count). The highest BCUT2D eigenvalue weighted by molar-refractivity contribution is 9.11. The number of anilines is 1. The van der Waals surface area contributed by atoms with Crippen LogP contribution in [0.5, 0.6) is 0 Å². The molecule has 7 nitrogen and oxygen atoms in total. The molecule has 26 heavy (non-hydrogen) atoms. The minimum atomic E-state index is -0.570. The molecule has 2 aromatic rings. The van der Waals surface area contributed by atoms with Gasteiger partial charge in [-0.1, -0.05) is 15.9 Å². The Morgan fingerprint density at radius 3 is 3.04 bits per heavy atom. The molecule has 1 fully saturated rings. The summed E-state index contributed by atoms with van der Waals surface area (Å²) in [5, 5.41) is 2.60. The Morgan fingerprint density at radius 2 is 2.35 bits per heavy atom. The van der Waals surface area contributed by atoms with E-state index in [1.54, 1.807) is 34.0 Å². The van der Waals surface area contributed by atoms with Gasteiger partial charge in [0.1, 0.15) is 11.9 Å². The van der Waals surface area contributed by atoms with Crippen LogP contribution in [0.15, 0.2) is 35.7 Å². The van der Waals surface area contributed by atoms with Crippen LogP contribution in [-0.2, 0) is 9.53 Å². The molecule has 1 aliphatic heterocycles. The number of hydrogen-bond donors (Lipinski definition) is 1. The fourth-order valence-corrected chi connectivity index (χ4v) is 2.86. The minimum absolute atomic E-state index is 0.204. The molecule has 0 radical (unpaired) electrons. The summed E-state index contributed by atoms with van der Waals surface area (Å²) in [5.74, 6) is -0.697. The number of hydrogen-bond acceptors (Lipinski definition) is 4. The molecule has 0 spiro atoms. The topological polar surface area (TPSA) is 76.5 Å². The Morgan fingerprint density at radius 1 is 1.54 bits per heavy atom. The highest BCUT2D eigenvalue weighted by atomic mass is 79.9. The first-order chi connectivity index (χ1) is 12.5. The summed E-state index contributed by atoms with van der Waals surface area (Å²) in [7, 11) is 0. The van der Waals surface area contributed by atoms with Gasteiger partial charge in [-0.2, -0.15) is 0 Å². The number of cyclic esters (lactones) is 1. The molecule has 1 aromatic carbocycles. The number of carbonyl (C=O) groups is 2. The van der Waals surface area contributed by atoms with Crippen molar-refractivity contribution in [3.8, 4) is 5.69 Å². The molecule has 136 valence electrons. The molecule has 0 saturated carbocycles. The quantitative estimate of drug-likeness (QED) is 0.803. The summed E-state index contributed by atoms with van der Waals surface area (Å²) >= 11 is 3.17. The number of nitrogens with zero attached hydrogens (tertiary/aromatic N) is 3. The van der Waals surface area contributed by atoms with Gasteiger partial charge in [0.15, 0.2) is 0 Å². The van der Waals surface area contributed by atoms with Gasteiger partial charge in [0.2, 0.25) is 5.91 Å². The van der Waals surface area contributed by atoms with Crippen LogP contribution < -0.4 is 10.2 Å². The van der Waals surface area contributed by atoms with Crippen LogP contribution in [0, 0.1) is 5.82 Å². The van der Waals surface area contributed by atoms with E-state index in [4.69, 9.17) is 4.74 Å². The van der Waals surface area contributed by atoms with Crippen molar-refractivity contribution in [2.75, 3.05) is 18.0 Å². The van der Waals surface area contributed by atoms with Crippen molar-refractivity contribution < 1.29 is 18.7 Å². The van der Waals surface area contributed by atoms with E-state index in [-0.39, 0.29) is 19.0 Å². The zero-order valence-electron chi connectivity index (χ0n) is 13.9. The van der Waals surface area contributed by atoms with Crippen LogP contribution in [0.3, 0.4) is 0 Å². The second-order valence-corrected chi connectivity index (χ2v) is 6.22. The van der Waals surface area contributed by atoms with Crippen LogP contribution in [-0.4, -0.2) is 40.7 Å². The highest BCUT2D eigenvalue weighted by Crippen LogP contribution is 2.25. The van der Waals surface area contributed by atoms with E-state index in [0.29, 0.717) is 17.1 Å². The number of carbonyl (C=O) groups excluding carboxylic acids is 2. The minimum Gasteiger partial charge on any atom is -0.442 e. The maximum absolute atomic E-state index is 14.6. The van der Waals surface area contributed by atoms with Crippen molar-refractivity contribution in [3.05, 3.63) is 47.2 Å². The first kappa shape index (κ1) is 18.1. The van der Waals surface area contributed by atoms with Crippen molar-refractivity contribution in [2.24, 2.45) is 0 Å². The van der Waals surface area contributed by atoms with Gasteiger partial charge in [-0.15, -0.1) is 0 Å². The highest BCUT2D eigenvalue weighted by Gasteiger charge is 2.32. The molecule has 2 heterocycles. The van der Waals surface area contributed by atoms with Gasteiger partial charge in [0.25, 0.3) is 0 Å². The van der Waals surface area contributed by atoms with Crippen LogP contribution in [0.25, 0.3) is 11.8 Å². The van der Waals surface area contributed by atoms with Gasteiger partial charge >= 0.3 is 6.09 Å². The number of ether oxygens (including phenoxy) is 1. The van der Waals surface area contributed by atoms with Gasteiger partial charge in [0, 0.05) is 13.1 Å². The summed E-state index contributed by atoms with van der Waals surface area (Å²) in [6.45, 7) is 1.85. The summed E-state index contributed by atoms with van der Waals surface area (Å²) in [4.78, 5) is 30.1. The fraction of sp³-hybridized carbons (Fsp3) is 0.235. The van der Waals surface area contributed by atoms with Crippen LogP contribution in [0.2, 0.25) is 0 Å². The van der Waals surface area contributed by atoms with Gasteiger partial charge in [-0.3, -0.25) is 9.69 Å². The lowest BCUT2D eigenvalue weighted by molar-refractivity contribution is -0.119. The third-order valence-corrected chi connectivity index (χ3v) is 4.07. The Kier molecular flexibility index (Phi) is 5.36. The van der Waals surface area contributed by atoms with E-state index < -0.39 is 18.0 Å². The van der Waals surface area contributed by atoms with Crippen molar-refractivity contribution in [1.82, 2.24) is 14.9 Å². The number of nitrogens with one attached hydrogen (secondary N) is 1. The average molecular weight is 423 g/mol. The maximum atomic E-state index is 14.6. The standard InChI is InChI=1S/C17H16BrFN4O3/c1-11(24)20-7-14-9-23(17(25)26-14)13-2-3-16(15(19)6-13)22-8-12(4-5-18)21-10-22/h2-6,8,10,14H,7,9H2,1H3,(H,20,24)/b5-4-/t14-/m0/s1. The third kappa shape index (κ3) is 3.93.